The van der Waals surface area contributed by atoms with Crippen LogP contribution in [0.5, 0.6) is 11.5 Å². The van der Waals surface area contributed by atoms with Crippen molar-refractivity contribution in [2.45, 2.75) is 26.8 Å². The van der Waals surface area contributed by atoms with Gasteiger partial charge in [-0.3, -0.25) is 4.79 Å². The van der Waals surface area contributed by atoms with Crippen molar-refractivity contribution in [3.8, 4) is 11.5 Å². The number of carbonyl (C=O) groups excluding carboxylic acids is 1. The lowest BCUT2D eigenvalue weighted by Gasteiger charge is -2.14. The third-order valence-electron chi connectivity index (χ3n) is 4.21. The van der Waals surface area contributed by atoms with Crippen molar-refractivity contribution in [1.82, 2.24) is 5.32 Å². The van der Waals surface area contributed by atoms with Crippen LogP contribution in [-0.2, 0) is 4.79 Å². The first-order valence-corrected chi connectivity index (χ1v) is 7.98. The Hall–Kier alpha value is -2.75. The molecule has 2 aromatic carbocycles. The van der Waals surface area contributed by atoms with Crippen LogP contribution >= 0.6 is 0 Å². The zero-order valence-electron chi connectivity index (χ0n) is 14.1. The molecule has 2 aromatic rings. The number of benzene rings is 2. The van der Waals surface area contributed by atoms with Crippen LogP contribution in [0.4, 0.5) is 0 Å². The van der Waals surface area contributed by atoms with Gasteiger partial charge in [-0.1, -0.05) is 24.3 Å². The van der Waals surface area contributed by atoms with Gasteiger partial charge < -0.3 is 14.8 Å². The van der Waals surface area contributed by atoms with E-state index in [0.717, 1.165) is 16.9 Å². The summed E-state index contributed by atoms with van der Waals surface area (Å²) in [4.78, 5) is 12.1. The van der Waals surface area contributed by atoms with Gasteiger partial charge in [0.05, 0.1) is 6.04 Å². The largest absolute Gasteiger partial charge is 0.454 e. The van der Waals surface area contributed by atoms with Gasteiger partial charge in [0.25, 0.3) is 0 Å². The van der Waals surface area contributed by atoms with E-state index in [9.17, 15) is 4.79 Å². The van der Waals surface area contributed by atoms with E-state index in [-0.39, 0.29) is 18.7 Å². The van der Waals surface area contributed by atoms with Crippen LogP contribution in [0.2, 0.25) is 0 Å². The Bertz CT molecular complexity index is 795. The molecule has 4 heteroatoms. The molecule has 1 amide bonds. The fraction of sp³-hybridized carbons (Fsp3) is 0.250. The molecule has 0 spiro atoms. The smallest absolute Gasteiger partial charge is 0.244 e. The average Bonchev–Trinajstić information content (AvgIpc) is 3.03. The summed E-state index contributed by atoms with van der Waals surface area (Å²) < 4.78 is 10.6. The van der Waals surface area contributed by atoms with Crippen molar-refractivity contribution in [3.63, 3.8) is 0 Å². The molecule has 1 aliphatic rings. The number of carbonyl (C=O) groups is 1. The van der Waals surface area contributed by atoms with Gasteiger partial charge in [-0.05, 0) is 61.2 Å². The summed E-state index contributed by atoms with van der Waals surface area (Å²) >= 11 is 0. The minimum absolute atomic E-state index is 0.0433. The highest BCUT2D eigenvalue weighted by Gasteiger charge is 2.12. The van der Waals surface area contributed by atoms with Crippen LogP contribution in [0.1, 0.15) is 35.2 Å². The number of ether oxygens (including phenoxy) is 2. The Morgan fingerprint density at radius 3 is 2.67 bits per heavy atom. The number of hydrogen-bond donors (Lipinski definition) is 1. The normalized spacial score (nSPS) is 14.0. The van der Waals surface area contributed by atoms with E-state index in [1.54, 1.807) is 6.08 Å². The first kappa shape index (κ1) is 16.1. The van der Waals surface area contributed by atoms with E-state index >= 15 is 0 Å². The predicted molar refractivity (Wildman–Crippen MR) is 94.1 cm³/mol. The summed E-state index contributed by atoms with van der Waals surface area (Å²) in [5.41, 5.74) is 4.47. The van der Waals surface area contributed by atoms with E-state index in [4.69, 9.17) is 9.47 Å². The molecular weight excluding hydrogens is 302 g/mol. The molecule has 1 N–H and O–H groups in total. The average molecular weight is 323 g/mol. The number of aryl methyl sites for hydroxylation is 2. The summed E-state index contributed by atoms with van der Waals surface area (Å²) in [5, 5.41) is 2.98. The maximum atomic E-state index is 12.1. The molecule has 0 aromatic heterocycles. The molecule has 4 nitrogen and oxygen atoms in total. The monoisotopic (exact) mass is 323 g/mol. The SMILES string of the molecule is Cc1ccc([C@H](C)NC(=O)/C=C/c2ccc3c(c2)OCO3)cc1C. The highest BCUT2D eigenvalue weighted by molar-refractivity contribution is 5.92. The molecule has 0 saturated carbocycles. The van der Waals surface area contributed by atoms with Gasteiger partial charge in [0.1, 0.15) is 0 Å². The van der Waals surface area contributed by atoms with Crippen LogP contribution in [0.15, 0.2) is 42.5 Å². The number of rotatable bonds is 4. The third kappa shape index (κ3) is 3.59. The Morgan fingerprint density at radius 2 is 1.88 bits per heavy atom. The van der Waals surface area contributed by atoms with E-state index in [0.29, 0.717) is 5.75 Å². The van der Waals surface area contributed by atoms with E-state index in [1.807, 2.05) is 25.1 Å². The molecule has 0 aliphatic carbocycles. The van der Waals surface area contributed by atoms with Crippen LogP contribution < -0.4 is 14.8 Å². The van der Waals surface area contributed by atoms with Gasteiger partial charge in [0.2, 0.25) is 12.7 Å². The van der Waals surface area contributed by atoms with Crippen molar-refractivity contribution in [2.24, 2.45) is 0 Å². The molecule has 0 bridgehead atoms. The molecule has 0 fully saturated rings. The van der Waals surface area contributed by atoms with Gasteiger partial charge in [0.15, 0.2) is 11.5 Å². The van der Waals surface area contributed by atoms with Crippen LogP contribution in [-0.4, -0.2) is 12.7 Å². The lowest BCUT2D eigenvalue weighted by Crippen LogP contribution is -2.24. The molecule has 1 atom stereocenters. The van der Waals surface area contributed by atoms with E-state index in [1.165, 1.54) is 17.2 Å². The highest BCUT2D eigenvalue weighted by atomic mass is 16.7. The molecule has 0 saturated heterocycles. The number of nitrogens with one attached hydrogen (secondary N) is 1. The Labute approximate surface area is 142 Å². The lowest BCUT2D eigenvalue weighted by atomic mass is 10.0. The number of amides is 1. The number of hydrogen-bond acceptors (Lipinski definition) is 3. The van der Waals surface area contributed by atoms with Crippen molar-refractivity contribution in [1.29, 1.82) is 0 Å². The standard InChI is InChI=1S/C20H21NO3/c1-13-4-7-17(10-14(13)2)15(3)21-20(22)9-6-16-5-8-18-19(11-16)24-12-23-18/h4-11,15H,12H2,1-3H3,(H,21,22)/b9-6+/t15-/m0/s1. The first-order chi connectivity index (χ1) is 11.5. The van der Waals surface area contributed by atoms with Crippen LogP contribution in [0.3, 0.4) is 0 Å². The fourth-order valence-electron chi connectivity index (χ4n) is 2.57. The third-order valence-corrected chi connectivity index (χ3v) is 4.21. The zero-order valence-corrected chi connectivity index (χ0v) is 14.1. The summed E-state index contributed by atoms with van der Waals surface area (Å²) in [6, 6.07) is 11.8. The predicted octanol–water partition coefficient (Wildman–Crippen LogP) is 3.92. The summed E-state index contributed by atoms with van der Waals surface area (Å²) in [6.45, 7) is 6.39. The molecule has 0 unspecified atom stereocenters. The lowest BCUT2D eigenvalue weighted by molar-refractivity contribution is -0.117. The topological polar surface area (TPSA) is 47.6 Å². The molecule has 0 radical (unpaired) electrons. The molecule has 1 heterocycles. The Kier molecular flexibility index (Phi) is 4.56. The molecule has 124 valence electrons. The summed E-state index contributed by atoms with van der Waals surface area (Å²) in [6.07, 6.45) is 3.31. The first-order valence-electron chi connectivity index (χ1n) is 7.98. The second-order valence-corrected chi connectivity index (χ2v) is 6.02. The number of fused-ring (bicyclic) bond motifs is 1. The molecule has 1 aliphatic heterocycles. The minimum Gasteiger partial charge on any atom is -0.454 e. The quantitative estimate of drug-likeness (QED) is 0.868. The molecular formula is C20H21NO3. The van der Waals surface area contributed by atoms with Gasteiger partial charge in [-0.15, -0.1) is 0 Å². The van der Waals surface area contributed by atoms with Crippen molar-refractivity contribution >= 4 is 12.0 Å². The van der Waals surface area contributed by atoms with Crippen molar-refractivity contribution < 1.29 is 14.3 Å². The second kappa shape index (κ2) is 6.79. The highest BCUT2D eigenvalue weighted by Crippen LogP contribution is 2.32. The van der Waals surface area contributed by atoms with Gasteiger partial charge in [-0.2, -0.15) is 0 Å². The van der Waals surface area contributed by atoms with E-state index < -0.39 is 0 Å². The maximum absolute atomic E-state index is 12.1. The summed E-state index contributed by atoms with van der Waals surface area (Å²) in [7, 11) is 0. The van der Waals surface area contributed by atoms with Gasteiger partial charge in [-0.25, -0.2) is 0 Å². The second-order valence-electron chi connectivity index (χ2n) is 6.02. The van der Waals surface area contributed by atoms with Crippen LogP contribution in [0, 0.1) is 13.8 Å². The van der Waals surface area contributed by atoms with Gasteiger partial charge >= 0.3 is 0 Å². The Balaban J connectivity index is 1.63. The van der Waals surface area contributed by atoms with E-state index in [2.05, 4.69) is 37.4 Å². The fourth-order valence-corrected chi connectivity index (χ4v) is 2.57. The molecule has 3 rings (SSSR count). The Morgan fingerprint density at radius 1 is 1.08 bits per heavy atom. The van der Waals surface area contributed by atoms with Crippen molar-refractivity contribution in [2.75, 3.05) is 6.79 Å². The van der Waals surface area contributed by atoms with Crippen LogP contribution in [0.25, 0.3) is 6.08 Å². The minimum atomic E-state index is -0.126. The van der Waals surface area contributed by atoms with Crippen molar-refractivity contribution in [3.05, 3.63) is 64.7 Å². The maximum Gasteiger partial charge on any atom is 0.244 e. The van der Waals surface area contributed by atoms with Gasteiger partial charge in [0, 0.05) is 6.08 Å². The zero-order chi connectivity index (χ0) is 17.1. The molecule has 24 heavy (non-hydrogen) atoms. The summed E-state index contributed by atoms with van der Waals surface area (Å²) in [5.74, 6) is 1.32.